The molecular weight excluding hydrogens is 240 g/mol. The Kier molecular flexibility index (Phi) is 3.79. The fourth-order valence-electron chi connectivity index (χ4n) is 1.60. The van der Waals surface area contributed by atoms with Gasteiger partial charge in [0.1, 0.15) is 6.61 Å². The summed E-state index contributed by atoms with van der Waals surface area (Å²) in [5, 5.41) is 8.93. The van der Waals surface area contributed by atoms with Gasteiger partial charge in [0.25, 0.3) is 0 Å². The second-order valence-corrected chi connectivity index (χ2v) is 3.97. The van der Waals surface area contributed by atoms with Gasteiger partial charge in [-0.1, -0.05) is 18.2 Å². The molecule has 0 atom stereocenters. The number of hydrogen-bond donors (Lipinski definition) is 1. The third-order valence-electron chi connectivity index (χ3n) is 2.64. The van der Waals surface area contributed by atoms with Crippen LogP contribution in [0.3, 0.4) is 0 Å². The number of ether oxygens (including phenoxy) is 1. The lowest BCUT2D eigenvalue weighted by Gasteiger charge is -2.06. The van der Waals surface area contributed by atoms with Crippen LogP contribution in [0.5, 0.6) is 0 Å². The number of hydrogen-bond acceptors (Lipinski definition) is 4. The van der Waals surface area contributed by atoms with Crippen molar-refractivity contribution in [3.05, 3.63) is 65.2 Å². The average Bonchev–Trinajstić information content (AvgIpc) is 2.45. The molecule has 2 N–H and O–H groups in total. The lowest BCUT2D eigenvalue weighted by atomic mass is 10.1. The van der Waals surface area contributed by atoms with E-state index in [-0.39, 0.29) is 6.61 Å². The first-order valence-corrected chi connectivity index (χ1v) is 5.71. The topological polar surface area (TPSA) is 76.1 Å². The molecule has 0 spiro atoms. The highest BCUT2D eigenvalue weighted by Crippen LogP contribution is 2.11. The fraction of sp³-hybridized carbons (Fsp3) is 0.0667. The minimum Gasteiger partial charge on any atom is -0.457 e. The molecule has 0 unspecified atom stereocenters. The number of benzene rings is 2. The maximum atomic E-state index is 11.8. The van der Waals surface area contributed by atoms with E-state index in [1.807, 2.05) is 0 Å². The summed E-state index contributed by atoms with van der Waals surface area (Å²) in [5.41, 5.74) is 7.76. The van der Waals surface area contributed by atoms with E-state index >= 15 is 0 Å². The van der Waals surface area contributed by atoms with E-state index in [1.165, 1.54) is 0 Å². The van der Waals surface area contributed by atoms with Crippen molar-refractivity contribution in [1.82, 2.24) is 0 Å². The molecule has 0 aromatic heterocycles. The van der Waals surface area contributed by atoms with Gasteiger partial charge in [-0.3, -0.25) is 0 Å². The number of nitrogens with zero attached hydrogens (tertiary/aromatic N) is 1. The number of carbonyl (C=O) groups is 1. The van der Waals surface area contributed by atoms with Crippen molar-refractivity contribution < 1.29 is 9.53 Å². The predicted octanol–water partition coefficient (Wildman–Crippen LogP) is 2.50. The van der Waals surface area contributed by atoms with Gasteiger partial charge in [0, 0.05) is 11.3 Å². The van der Waals surface area contributed by atoms with E-state index in [4.69, 9.17) is 15.7 Å². The van der Waals surface area contributed by atoms with E-state index in [0.717, 1.165) is 0 Å². The monoisotopic (exact) mass is 252 g/mol. The van der Waals surface area contributed by atoms with Gasteiger partial charge in [0.2, 0.25) is 0 Å². The van der Waals surface area contributed by atoms with Crippen LogP contribution in [-0.2, 0) is 11.3 Å². The molecule has 4 nitrogen and oxygen atoms in total. The van der Waals surface area contributed by atoms with Crippen molar-refractivity contribution in [3.8, 4) is 6.07 Å². The van der Waals surface area contributed by atoms with Gasteiger partial charge in [-0.15, -0.1) is 0 Å². The Morgan fingerprint density at radius 1 is 1.16 bits per heavy atom. The minimum atomic E-state index is -0.437. The van der Waals surface area contributed by atoms with E-state index in [1.54, 1.807) is 48.5 Å². The normalized spacial score (nSPS) is 9.63. The van der Waals surface area contributed by atoms with Crippen LogP contribution >= 0.6 is 0 Å². The molecule has 0 heterocycles. The van der Waals surface area contributed by atoms with Crippen molar-refractivity contribution in [1.29, 1.82) is 5.26 Å². The smallest absolute Gasteiger partial charge is 0.338 e. The van der Waals surface area contributed by atoms with E-state index < -0.39 is 5.97 Å². The second-order valence-electron chi connectivity index (χ2n) is 3.97. The summed E-state index contributed by atoms with van der Waals surface area (Å²) in [4.78, 5) is 11.8. The van der Waals surface area contributed by atoms with Crippen molar-refractivity contribution in [3.63, 3.8) is 0 Å². The number of rotatable bonds is 3. The zero-order valence-electron chi connectivity index (χ0n) is 10.2. The number of anilines is 1. The zero-order chi connectivity index (χ0) is 13.7. The molecule has 2 aromatic rings. The Labute approximate surface area is 111 Å². The number of nitrogens with two attached hydrogens (primary N) is 1. The van der Waals surface area contributed by atoms with Gasteiger partial charge < -0.3 is 10.5 Å². The Balaban J connectivity index is 2.05. The third kappa shape index (κ3) is 3.11. The first kappa shape index (κ1) is 12.7. The summed E-state index contributed by atoms with van der Waals surface area (Å²) < 4.78 is 5.17. The average molecular weight is 252 g/mol. The van der Waals surface area contributed by atoms with E-state index in [0.29, 0.717) is 22.4 Å². The van der Waals surface area contributed by atoms with Gasteiger partial charge in [0.05, 0.1) is 17.2 Å². The Hall–Kier alpha value is -2.80. The van der Waals surface area contributed by atoms with Gasteiger partial charge in [-0.05, 0) is 30.3 Å². The third-order valence-corrected chi connectivity index (χ3v) is 2.64. The molecule has 0 saturated carbocycles. The molecule has 19 heavy (non-hydrogen) atoms. The first-order chi connectivity index (χ1) is 9.20. The number of nitrogen functional groups attached to an aromatic ring is 1. The molecule has 0 fully saturated rings. The highest BCUT2D eigenvalue weighted by molar-refractivity contribution is 5.89. The largest absolute Gasteiger partial charge is 0.457 e. The first-order valence-electron chi connectivity index (χ1n) is 5.71. The summed E-state index contributed by atoms with van der Waals surface area (Å²) in [7, 11) is 0. The molecular formula is C15H12N2O2. The molecule has 0 radical (unpaired) electrons. The maximum Gasteiger partial charge on any atom is 0.338 e. The second kappa shape index (κ2) is 5.69. The molecule has 94 valence electrons. The summed E-state index contributed by atoms with van der Waals surface area (Å²) in [6.07, 6.45) is 0. The highest BCUT2D eigenvalue weighted by Gasteiger charge is 2.08. The molecule has 0 bridgehead atoms. The molecule has 0 aliphatic heterocycles. The van der Waals surface area contributed by atoms with Crippen LogP contribution in [0, 0.1) is 11.3 Å². The van der Waals surface area contributed by atoms with Crippen molar-refractivity contribution in [2.75, 3.05) is 5.73 Å². The molecule has 2 rings (SSSR count). The predicted molar refractivity (Wildman–Crippen MR) is 71.1 cm³/mol. The van der Waals surface area contributed by atoms with Gasteiger partial charge in [0.15, 0.2) is 0 Å². The van der Waals surface area contributed by atoms with Crippen molar-refractivity contribution in [2.45, 2.75) is 6.61 Å². The summed E-state index contributed by atoms with van der Waals surface area (Å²) in [5.74, 6) is -0.437. The van der Waals surface area contributed by atoms with Crippen LogP contribution in [0.25, 0.3) is 0 Å². The van der Waals surface area contributed by atoms with Crippen LogP contribution in [0.15, 0.2) is 48.5 Å². The van der Waals surface area contributed by atoms with E-state index in [2.05, 4.69) is 6.07 Å². The summed E-state index contributed by atoms with van der Waals surface area (Å²) >= 11 is 0. The lowest BCUT2D eigenvalue weighted by Crippen LogP contribution is -2.06. The number of carbonyl (C=O) groups excluding carboxylic acids is 1. The van der Waals surface area contributed by atoms with Crippen LogP contribution in [-0.4, -0.2) is 5.97 Å². The minimum absolute atomic E-state index is 0.0763. The fourth-order valence-corrected chi connectivity index (χ4v) is 1.60. The standard InChI is InChI=1S/C15H12N2O2/c16-9-12-3-1-2-4-13(12)10-19-15(18)11-5-7-14(17)8-6-11/h1-8H,10,17H2. The van der Waals surface area contributed by atoms with Gasteiger partial charge >= 0.3 is 5.97 Å². The van der Waals surface area contributed by atoms with Crippen LogP contribution in [0.2, 0.25) is 0 Å². The Bertz CT molecular complexity index is 627. The highest BCUT2D eigenvalue weighted by atomic mass is 16.5. The SMILES string of the molecule is N#Cc1ccccc1COC(=O)c1ccc(N)cc1. The Morgan fingerprint density at radius 2 is 1.84 bits per heavy atom. The molecule has 0 amide bonds. The molecule has 0 aliphatic carbocycles. The Morgan fingerprint density at radius 3 is 2.53 bits per heavy atom. The van der Waals surface area contributed by atoms with E-state index in [9.17, 15) is 4.79 Å². The molecule has 0 aliphatic rings. The summed E-state index contributed by atoms with van der Waals surface area (Å²) in [6, 6.07) is 15.6. The summed E-state index contributed by atoms with van der Waals surface area (Å²) in [6.45, 7) is 0.0763. The van der Waals surface area contributed by atoms with Gasteiger partial charge in [-0.2, -0.15) is 5.26 Å². The van der Waals surface area contributed by atoms with Crippen LogP contribution in [0.4, 0.5) is 5.69 Å². The lowest BCUT2D eigenvalue weighted by molar-refractivity contribution is 0.0472. The zero-order valence-corrected chi connectivity index (χ0v) is 10.2. The maximum absolute atomic E-state index is 11.8. The number of esters is 1. The quantitative estimate of drug-likeness (QED) is 0.672. The van der Waals surface area contributed by atoms with Crippen LogP contribution < -0.4 is 5.73 Å². The van der Waals surface area contributed by atoms with Gasteiger partial charge in [-0.25, -0.2) is 4.79 Å². The molecule has 2 aromatic carbocycles. The van der Waals surface area contributed by atoms with Crippen LogP contribution in [0.1, 0.15) is 21.5 Å². The van der Waals surface area contributed by atoms with Crippen molar-refractivity contribution in [2.24, 2.45) is 0 Å². The van der Waals surface area contributed by atoms with Crippen molar-refractivity contribution >= 4 is 11.7 Å². The molecule has 0 saturated heterocycles. The number of nitriles is 1. The molecule has 4 heteroatoms.